The van der Waals surface area contributed by atoms with Crippen molar-refractivity contribution in [1.82, 2.24) is 0 Å². The number of carboxylic acids is 1. The monoisotopic (exact) mass is 485 g/mol. The van der Waals surface area contributed by atoms with E-state index in [-0.39, 0.29) is 0 Å². The van der Waals surface area contributed by atoms with Crippen LogP contribution in [0.1, 0.15) is 12.5 Å². The minimum Gasteiger partial charge on any atom is -0.491 e. The fraction of sp³-hybridized carbons (Fsp3) is 0.250. The van der Waals surface area contributed by atoms with Crippen LogP contribution in [0, 0.1) is 6.92 Å². The third-order valence-corrected chi connectivity index (χ3v) is 3.58. The molecular weight excluding hydrogens is 458 g/mol. The maximum absolute atomic E-state index is 10.00. The highest BCUT2D eigenvalue weighted by atomic mass is 16.6. The number of amides is 1. The van der Waals surface area contributed by atoms with Crippen LogP contribution in [-0.4, -0.2) is 55.3 Å². The minimum absolute atomic E-state index is 0.343. The Hall–Kier alpha value is -4.56. The predicted octanol–water partition coefficient (Wildman–Crippen LogP) is 3.75. The molecule has 1 fully saturated rings. The van der Waals surface area contributed by atoms with Crippen LogP contribution in [0.4, 0.5) is 16.2 Å². The number of hydrogen-bond acceptors (Lipinski definition) is 9. The standard InChI is InChI=1S/C9H6N2O2.C9H10O2.C3H7NO2.C3H4O2/c1-7-2-3-8(10-5-12)4-9(7)11-6-13;1-2-4-8(5-3-1)10-6-9-7-11-9;1-2-6-3(4)5;1-2-3(4)5/h2-4H,1H3;1-5,9H,6-7H2;2H2,1H3,(H2,4,5);2H,1H2,(H,4,5). The molecule has 2 aromatic rings. The maximum Gasteiger partial charge on any atom is 0.404 e. The fourth-order valence-electron chi connectivity index (χ4n) is 1.90. The van der Waals surface area contributed by atoms with Crippen molar-refractivity contribution in [3.05, 3.63) is 66.7 Å². The zero-order chi connectivity index (χ0) is 26.5. The number of carboxylic acid groups (broad SMARTS) is 1. The number of aliphatic carboxylic acids is 1. The molecule has 1 heterocycles. The van der Waals surface area contributed by atoms with E-state index in [4.69, 9.17) is 14.6 Å². The van der Waals surface area contributed by atoms with Crippen molar-refractivity contribution in [2.24, 2.45) is 15.7 Å². The van der Waals surface area contributed by atoms with Gasteiger partial charge >= 0.3 is 12.1 Å². The number of carbonyl (C=O) groups excluding carboxylic acids is 3. The number of rotatable bonds is 7. The quantitative estimate of drug-likeness (QED) is 0.258. The summed E-state index contributed by atoms with van der Waals surface area (Å²) < 4.78 is 14.6. The summed E-state index contributed by atoms with van der Waals surface area (Å²) in [5.41, 5.74) is 6.26. The number of para-hydroxylation sites is 1. The molecule has 0 spiro atoms. The average molecular weight is 485 g/mol. The summed E-state index contributed by atoms with van der Waals surface area (Å²) in [7, 11) is 0. The van der Waals surface area contributed by atoms with Gasteiger partial charge in [-0.2, -0.15) is 9.98 Å². The molecule has 2 aromatic carbocycles. The Morgan fingerprint density at radius 1 is 1.20 bits per heavy atom. The van der Waals surface area contributed by atoms with Gasteiger partial charge in [-0.15, -0.1) is 0 Å². The number of carbonyl (C=O) groups is 2. The van der Waals surface area contributed by atoms with Gasteiger partial charge in [0.2, 0.25) is 12.2 Å². The highest BCUT2D eigenvalue weighted by Gasteiger charge is 2.22. The molecule has 1 aliphatic rings. The van der Waals surface area contributed by atoms with E-state index in [1.807, 2.05) is 30.3 Å². The topological polar surface area (TPSA) is 170 Å². The van der Waals surface area contributed by atoms with Crippen LogP contribution < -0.4 is 10.5 Å². The van der Waals surface area contributed by atoms with E-state index in [0.29, 0.717) is 30.7 Å². The molecule has 35 heavy (non-hydrogen) atoms. The maximum atomic E-state index is 10.00. The van der Waals surface area contributed by atoms with Crippen molar-refractivity contribution < 1.29 is 38.5 Å². The molecule has 1 atom stereocenters. The lowest BCUT2D eigenvalue weighted by molar-refractivity contribution is -0.131. The van der Waals surface area contributed by atoms with E-state index in [9.17, 15) is 19.2 Å². The molecule has 1 aliphatic heterocycles. The molecular formula is C24H27N3O8. The van der Waals surface area contributed by atoms with E-state index < -0.39 is 12.1 Å². The number of epoxide rings is 1. The number of aliphatic imine (C=N–C) groups is 2. The van der Waals surface area contributed by atoms with Crippen LogP contribution in [-0.2, 0) is 23.9 Å². The molecule has 0 bridgehead atoms. The van der Waals surface area contributed by atoms with Crippen LogP contribution in [0.15, 0.2) is 71.2 Å². The summed E-state index contributed by atoms with van der Waals surface area (Å²) in [6.45, 7) is 8.35. The SMILES string of the molecule is C=CC(=O)O.CCOC(N)=O.Cc1ccc(N=C=O)cc1N=C=O.c1ccc(OCC2CO2)cc1. The first kappa shape index (κ1) is 30.4. The van der Waals surface area contributed by atoms with Gasteiger partial charge in [0.1, 0.15) is 18.5 Å². The number of nitrogens with two attached hydrogens (primary N) is 1. The number of primary amides is 1. The third kappa shape index (κ3) is 17.6. The van der Waals surface area contributed by atoms with Crippen LogP contribution in [0.2, 0.25) is 0 Å². The lowest BCUT2D eigenvalue weighted by Gasteiger charge is -2.01. The van der Waals surface area contributed by atoms with E-state index in [0.717, 1.165) is 24.0 Å². The van der Waals surface area contributed by atoms with Gasteiger partial charge in [-0.25, -0.2) is 19.2 Å². The lowest BCUT2D eigenvalue weighted by Crippen LogP contribution is -2.11. The Balaban J connectivity index is 0.000000475. The van der Waals surface area contributed by atoms with Crippen molar-refractivity contribution in [3.63, 3.8) is 0 Å². The predicted molar refractivity (Wildman–Crippen MR) is 127 cm³/mol. The van der Waals surface area contributed by atoms with Gasteiger partial charge in [0.15, 0.2) is 0 Å². The van der Waals surface area contributed by atoms with Gasteiger partial charge < -0.3 is 25.1 Å². The molecule has 0 aromatic heterocycles. The van der Waals surface area contributed by atoms with Gasteiger partial charge in [-0.05, 0) is 43.7 Å². The Kier molecular flexibility index (Phi) is 16.5. The van der Waals surface area contributed by atoms with Crippen LogP contribution in [0.5, 0.6) is 5.75 Å². The molecule has 186 valence electrons. The number of benzene rings is 2. The lowest BCUT2D eigenvalue weighted by atomic mass is 10.2. The minimum atomic E-state index is -0.981. The number of isocyanates is 2. The molecule has 3 rings (SSSR count). The smallest absolute Gasteiger partial charge is 0.404 e. The zero-order valence-electron chi connectivity index (χ0n) is 19.4. The Morgan fingerprint density at radius 2 is 1.80 bits per heavy atom. The largest absolute Gasteiger partial charge is 0.491 e. The van der Waals surface area contributed by atoms with Crippen LogP contribution in [0.25, 0.3) is 0 Å². The van der Waals surface area contributed by atoms with Crippen molar-refractivity contribution in [2.75, 3.05) is 19.8 Å². The normalized spacial score (nSPS) is 12.0. The summed E-state index contributed by atoms with van der Waals surface area (Å²) in [4.78, 5) is 45.6. The second-order valence-corrected chi connectivity index (χ2v) is 6.25. The molecule has 11 nitrogen and oxygen atoms in total. The van der Waals surface area contributed by atoms with Crippen molar-refractivity contribution >= 4 is 35.6 Å². The molecule has 1 saturated heterocycles. The highest BCUT2D eigenvalue weighted by Crippen LogP contribution is 2.23. The number of nitrogens with zero attached hydrogens (tertiary/aromatic N) is 2. The molecule has 1 amide bonds. The molecule has 1 unspecified atom stereocenters. The summed E-state index contributed by atoms with van der Waals surface area (Å²) >= 11 is 0. The summed E-state index contributed by atoms with van der Waals surface area (Å²) in [6, 6.07) is 14.7. The first-order valence-electron chi connectivity index (χ1n) is 10.1. The fourth-order valence-corrected chi connectivity index (χ4v) is 1.90. The van der Waals surface area contributed by atoms with Crippen molar-refractivity contribution in [3.8, 4) is 5.75 Å². The molecule has 0 saturated carbocycles. The van der Waals surface area contributed by atoms with Crippen LogP contribution in [0.3, 0.4) is 0 Å². The van der Waals surface area contributed by atoms with Gasteiger partial charge in [-0.3, -0.25) is 0 Å². The summed E-state index contributed by atoms with van der Waals surface area (Å²) in [6.07, 6.45) is 3.30. The number of ether oxygens (including phenoxy) is 3. The van der Waals surface area contributed by atoms with Gasteiger partial charge in [0.05, 0.1) is 24.6 Å². The molecule has 3 N–H and O–H groups in total. The van der Waals surface area contributed by atoms with E-state index in [1.165, 1.54) is 18.2 Å². The Bertz CT molecular complexity index is 1030. The highest BCUT2D eigenvalue weighted by molar-refractivity contribution is 5.78. The Labute approximate surface area is 202 Å². The van der Waals surface area contributed by atoms with E-state index >= 15 is 0 Å². The van der Waals surface area contributed by atoms with Crippen molar-refractivity contribution in [1.29, 1.82) is 0 Å². The summed E-state index contributed by atoms with van der Waals surface area (Å²) in [5, 5.41) is 7.60. The molecule has 11 heteroatoms. The van der Waals surface area contributed by atoms with E-state index in [1.54, 1.807) is 26.0 Å². The second kappa shape index (κ2) is 19.0. The summed E-state index contributed by atoms with van der Waals surface area (Å²) in [5.74, 6) is -0.0620. The Morgan fingerprint density at radius 3 is 2.23 bits per heavy atom. The average Bonchev–Trinajstić information content (AvgIpc) is 3.67. The number of aryl methyl sites for hydroxylation is 1. The van der Waals surface area contributed by atoms with Gasteiger partial charge in [0, 0.05) is 6.08 Å². The molecule has 0 radical (unpaired) electrons. The van der Waals surface area contributed by atoms with E-state index in [2.05, 4.69) is 27.0 Å². The molecule has 0 aliphatic carbocycles. The van der Waals surface area contributed by atoms with Crippen molar-refractivity contribution in [2.45, 2.75) is 20.0 Å². The number of hydrogen-bond donors (Lipinski definition) is 2. The third-order valence-electron chi connectivity index (χ3n) is 3.58. The second-order valence-electron chi connectivity index (χ2n) is 6.25. The first-order valence-corrected chi connectivity index (χ1v) is 10.1. The first-order chi connectivity index (χ1) is 16.8. The zero-order valence-corrected chi connectivity index (χ0v) is 19.4. The van der Waals surface area contributed by atoms with Gasteiger partial charge in [0.25, 0.3) is 0 Å². The van der Waals surface area contributed by atoms with Gasteiger partial charge in [-0.1, -0.05) is 30.8 Å². The van der Waals surface area contributed by atoms with Crippen LogP contribution >= 0.6 is 0 Å².